The quantitative estimate of drug-likeness (QED) is 0.781. The van der Waals surface area contributed by atoms with Crippen LogP contribution in [0.15, 0.2) is 12.4 Å². The molecule has 0 aliphatic rings. The maximum absolute atomic E-state index is 11.3. The summed E-state index contributed by atoms with van der Waals surface area (Å²) in [4.78, 5) is 11.3. The first kappa shape index (κ1) is 13.5. The Morgan fingerprint density at radius 1 is 1.53 bits per heavy atom. The molecule has 2 N–H and O–H groups in total. The van der Waals surface area contributed by atoms with Crippen LogP contribution < -0.4 is 10.9 Å². The van der Waals surface area contributed by atoms with Crippen molar-refractivity contribution in [2.45, 2.75) is 46.4 Å². The van der Waals surface area contributed by atoms with E-state index >= 15 is 0 Å². The van der Waals surface area contributed by atoms with Crippen molar-refractivity contribution in [3.05, 3.63) is 18.0 Å². The summed E-state index contributed by atoms with van der Waals surface area (Å²) >= 11 is 0. The summed E-state index contributed by atoms with van der Waals surface area (Å²) < 4.78 is 6.89. The fourth-order valence-electron chi connectivity index (χ4n) is 1.19. The predicted octanol–water partition coefficient (Wildman–Crippen LogP) is 1.43. The zero-order chi connectivity index (χ0) is 12.9. The van der Waals surface area contributed by atoms with Crippen LogP contribution in [0, 0.1) is 0 Å². The molecule has 17 heavy (non-hydrogen) atoms. The number of rotatable bonds is 4. The Bertz CT molecular complexity index is 368. The van der Waals surface area contributed by atoms with Crippen molar-refractivity contribution in [2.75, 3.05) is 0 Å². The van der Waals surface area contributed by atoms with Gasteiger partial charge in [-0.15, -0.1) is 0 Å². The van der Waals surface area contributed by atoms with Crippen LogP contribution in [0.5, 0.6) is 0 Å². The Morgan fingerprint density at radius 3 is 2.76 bits per heavy atom. The highest BCUT2D eigenvalue weighted by Gasteiger charge is 2.15. The molecule has 0 saturated heterocycles. The van der Waals surface area contributed by atoms with Crippen LogP contribution in [0.4, 0.5) is 4.79 Å². The van der Waals surface area contributed by atoms with Gasteiger partial charge in [0.2, 0.25) is 0 Å². The van der Waals surface area contributed by atoms with Crippen molar-refractivity contribution >= 4 is 6.09 Å². The number of aryl methyl sites for hydroxylation is 1. The van der Waals surface area contributed by atoms with E-state index in [9.17, 15) is 4.79 Å². The van der Waals surface area contributed by atoms with E-state index in [4.69, 9.17) is 4.74 Å². The first-order chi connectivity index (χ1) is 7.90. The standard InChI is InChI=1S/C11H20N4O2/c1-5-15-8-9(7-13-15)6-12-14-10(16)17-11(2,3)4/h7-8,12H,5-6H2,1-4H3,(H,14,16). The van der Waals surface area contributed by atoms with E-state index in [1.165, 1.54) is 0 Å². The van der Waals surface area contributed by atoms with Gasteiger partial charge in [0.25, 0.3) is 0 Å². The molecule has 0 bridgehead atoms. The summed E-state index contributed by atoms with van der Waals surface area (Å²) in [6, 6.07) is 0. The number of hydrazine groups is 1. The largest absolute Gasteiger partial charge is 0.443 e. The molecular weight excluding hydrogens is 220 g/mol. The molecule has 1 rings (SSSR count). The number of hydrogen-bond donors (Lipinski definition) is 2. The first-order valence-electron chi connectivity index (χ1n) is 5.64. The van der Waals surface area contributed by atoms with Crippen LogP contribution in [-0.2, 0) is 17.8 Å². The van der Waals surface area contributed by atoms with Crippen molar-refractivity contribution in [1.82, 2.24) is 20.6 Å². The second-order valence-electron chi connectivity index (χ2n) is 4.68. The van der Waals surface area contributed by atoms with Gasteiger partial charge in [0.15, 0.2) is 0 Å². The molecule has 0 fully saturated rings. The highest BCUT2D eigenvalue weighted by molar-refractivity contribution is 5.66. The molecule has 1 aromatic heterocycles. The van der Waals surface area contributed by atoms with Gasteiger partial charge in [-0.05, 0) is 27.7 Å². The molecule has 96 valence electrons. The van der Waals surface area contributed by atoms with Crippen LogP contribution >= 0.6 is 0 Å². The van der Waals surface area contributed by atoms with E-state index < -0.39 is 11.7 Å². The number of amides is 1. The number of ether oxygens (including phenoxy) is 1. The van der Waals surface area contributed by atoms with E-state index in [2.05, 4.69) is 16.0 Å². The summed E-state index contributed by atoms with van der Waals surface area (Å²) in [5.74, 6) is 0. The smallest absolute Gasteiger partial charge is 0.422 e. The minimum atomic E-state index is -0.487. The molecule has 0 aromatic carbocycles. The number of aromatic nitrogens is 2. The second kappa shape index (κ2) is 5.67. The fraction of sp³-hybridized carbons (Fsp3) is 0.636. The number of carbonyl (C=O) groups excluding carboxylic acids is 1. The van der Waals surface area contributed by atoms with Crippen molar-refractivity contribution in [3.63, 3.8) is 0 Å². The number of nitrogens with zero attached hydrogens (tertiary/aromatic N) is 2. The summed E-state index contributed by atoms with van der Waals surface area (Å²) in [6.45, 7) is 8.81. The highest BCUT2D eigenvalue weighted by atomic mass is 16.6. The lowest BCUT2D eigenvalue weighted by Crippen LogP contribution is -2.40. The van der Waals surface area contributed by atoms with Crippen LogP contribution in [0.25, 0.3) is 0 Å². The van der Waals surface area contributed by atoms with Crippen molar-refractivity contribution in [2.24, 2.45) is 0 Å². The molecule has 0 atom stereocenters. The lowest BCUT2D eigenvalue weighted by molar-refractivity contribution is 0.0497. The molecule has 0 spiro atoms. The van der Waals surface area contributed by atoms with Gasteiger partial charge < -0.3 is 4.74 Å². The van der Waals surface area contributed by atoms with E-state index in [0.29, 0.717) is 6.54 Å². The fourth-order valence-corrected chi connectivity index (χ4v) is 1.19. The molecule has 1 heterocycles. The van der Waals surface area contributed by atoms with Crippen molar-refractivity contribution in [1.29, 1.82) is 0 Å². The van der Waals surface area contributed by atoms with Crippen LogP contribution in [-0.4, -0.2) is 21.5 Å². The third kappa shape index (κ3) is 5.35. The predicted molar refractivity (Wildman–Crippen MR) is 64.1 cm³/mol. The molecule has 6 heteroatoms. The molecule has 6 nitrogen and oxygen atoms in total. The van der Waals surface area contributed by atoms with Gasteiger partial charge in [-0.3, -0.25) is 10.1 Å². The topological polar surface area (TPSA) is 68.2 Å². The maximum atomic E-state index is 11.3. The van der Waals surface area contributed by atoms with Gasteiger partial charge in [0, 0.05) is 24.8 Å². The zero-order valence-corrected chi connectivity index (χ0v) is 10.8. The van der Waals surface area contributed by atoms with E-state index in [0.717, 1.165) is 12.1 Å². The minimum absolute atomic E-state index is 0.486. The summed E-state index contributed by atoms with van der Waals surface area (Å²) in [7, 11) is 0. The second-order valence-corrected chi connectivity index (χ2v) is 4.68. The van der Waals surface area contributed by atoms with E-state index in [-0.39, 0.29) is 0 Å². The molecule has 0 aliphatic heterocycles. The van der Waals surface area contributed by atoms with Gasteiger partial charge >= 0.3 is 6.09 Å². The number of hydrogen-bond acceptors (Lipinski definition) is 4. The SMILES string of the molecule is CCn1cc(CNNC(=O)OC(C)(C)C)cn1. The molecule has 1 amide bonds. The van der Waals surface area contributed by atoms with Crippen LogP contribution in [0.2, 0.25) is 0 Å². The van der Waals surface area contributed by atoms with Gasteiger partial charge in [0.1, 0.15) is 5.60 Å². The van der Waals surface area contributed by atoms with E-state index in [1.54, 1.807) is 6.20 Å². The van der Waals surface area contributed by atoms with Crippen LogP contribution in [0.3, 0.4) is 0 Å². The van der Waals surface area contributed by atoms with Crippen molar-refractivity contribution < 1.29 is 9.53 Å². The maximum Gasteiger partial charge on any atom is 0.422 e. The Kier molecular flexibility index (Phi) is 4.51. The molecule has 0 unspecified atom stereocenters. The Hall–Kier alpha value is -1.56. The van der Waals surface area contributed by atoms with Crippen LogP contribution in [0.1, 0.15) is 33.3 Å². The van der Waals surface area contributed by atoms with Gasteiger partial charge in [0.05, 0.1) is 6.20 Å². The lowest BCUT2D eigenvalue weighted by atomic mass is 10.2. The average Bonchev–Trinajstić information content (AvgIpc) is 2.63. The van der Waals surface area contributed by atoms with Gasteiger partial charge in [-0.2, -0.15) is 5.10 Å². The molecule has 1 aromatic rings. The van der Waals surface area contributed by atoms with E-state index in [1.807, 2.05) is 38.6 Å². The average molecular weight is 240 g/mol. The summed E-state index contributed by atoms with van der Waals surface area (Å²) in [5, 5.41) is 4.12. The Morgan fingerprint density at radius 2 is 2.24 bits per heavy atom. The third-order valence-corrected chi connectivity index (χ3v) is 1.89. The van der Waals surface area contributed by atoms with Crippen molar-refractivity contribution in [3.8, 4) is 0 Å². The summed E-state index contributed by atoms with van der Waals surface area (Å²) in [5.41, 5.74) is 5.77. The molecule has 0 radical (unpaired) electrons. The normalized spacial score (nSPS) is 11.3. The molecule has 0 saturated carbocycles. The lowest BCUT2D eigenvalue weighted by Gasteiger charge is -2.19. The minimum Gasteiger partial charge on any atom is -0.443 e. The Balaban J connectivity index is 2.26. The summed E-state index contributed by atoms with van der Waals surface area (Å²) in [6.07, 6.45) is 3.19. The number of carbonyl (C=O) groups is 1. The molecular formula is C11H20N4O2. The van der Waals surface area contributed by atoms with Gasteiger partial charge in [-0.1, -0.05) is 0 Å². The first-order valence-corrected chi connectivity index (χ1v) is 5.64. The molecule has 0 aliphatic carbocycles. The third-order valence-electron chi connectivity index (χ3n) is 1.89. The monoisotopic (exact) mass is 240 g/mol. The number of nitrogens with one attached hydrogen (secondary N) is 2. The zero-order valence-electron chi connectivity index (χ0n) is 10.8. The highest BCUT2D eigenvalue weighted by Crippen LogP contribution is 2.05. The van der Waals surface area contributed by atoms with Gasteiger partial charge in [-0.25, -0.2) is 10.2 Å². The Labute approximate surface area is 101 Å².